The molecule has 1 fully saturated rings. The topological polar surface area (TPSA) is 33.7 Å². The van der Waals surface area contributed by atoms with Gasteiger partial charge in [0.25, 0.3) is 5.76 Å². The highest BCUT2D eigenvalue weighted by atomic mass is 32.2. The number of nitrogens with zero attached hydrogens (tertiary/aromatic N) is 1. The first kappa shape index (κ1) is 20.7. The van der Waals surface area contributed by atoms with E-state index in [1.807, 2.05) is 18.2 Å². The Hall–Kier alpha value is -2.06. The lowest BCUT2D eigenvalue weighted by molar-refractivity contribution is 0.252. The number of hydrogen-bond acceptors (Lipinski definition) is 4. The molecule has 1 aliphatic rings. The van der Waals surface area contributed by atoms with E-state index >= 15 is 0 Å². The molecule has 0 radical (unpaired) electrons. The van der Waals surface area contributed by atoms with Crippen molar-refractivity contribution < 1.29 is 18.3 Å². The van der Waals surface area contributed by atoms with Crippen LogP contribution in [-0.2, 0) is 6.54 Å². The van der Waals surface area contributed by atoms with Gasteiger partial charge in [-0.05, 0) is 61.5 Å². The van der Waals surface area contributed by atoms with Crippen molar-refractivity contribution in [2.45, 2.75) is 36.1 Å². The molecule has 0 aliphatic heterocycles. The minimum absolute atomic E-state index is 0.389. The molecule has 28 heavy (non-hydrogen) atoms. The van der Waals surface area contributed by atoms with E-state index in [9.17, 15) is 8.78 Å². The van der Waals surface area contributed by atoms with Gasteiger partial charge in [-0.15, -0.1) is 0 Å². The Bertz CT molecular complexity index is 814. The van der Waals surface area contributed by atoms with Crippen LogP contribution in [-0.4, -0.2) is 36.0 Å². The molecule has 0 amide bonds. The number of thiocarbonyl (C=S) groups is 1. The number of alkyl halides is 2. The number of hydrogen-bond donors (Lipinski definition) is 1. The molecule has 0 saturated heterocycles. The molecule has 3 rings (SSSR count). The molecule has 2 aromatic carbocycles. The van der Waals surface area contributed by atoms with Crippen molar-refractivity contribution in [1.82, 2.24) is 4.90 Å². The van der Waals surface area contributed by atoms with Crippen molar-refractivity contribution in [1.29, 1.82) is 0 Å². The molecule has 8 heteroatoms. The van der Waals surface area contributed by atoms with E-state index in [0.29, 0.717) is 34.4 Å². The zero-order valence-corrected chi connectivity index (χ0v) is 17.3. The maximum atomic E-state index is 12.5. The van der Waals surface area contributed by atoms with Gasteiger partial charge in [-0.2, -0.15) is 8.78 Å². The van der Waals surface area contributed by atoms with Crippen molar-refractivity contribution in [2.24, 2.45) is 0 Å². The normalized spacial score (nSPS) is 13.3. The van der Waals surface area contributed by atoms with E-state index in [0.717, 1.165) is 35.6 Å². The molecule has 1 saturated carbocycles. The monoisotopic (exact) mass is 424 g/mol. The fourth-order valence-corrected chi connectivity index (χ4v) is 3.66. The van der Waals surface area contributed by atoms with Crippen molar-refractivity contribution in [3.63, 3.8) is 0 Å². The van der Waals surface area contributed by atoms with Crippen LogP contribution in [0.4, 0.5) is 14.5 Å². The van der Waals surface area contributed by atoms with Crippen molar-refractivity contribution in [3.05, 3.63) is 48.0 Å². The number of halogens is 2. The van der Waals surface area contributed by atoms with Crippen LogP contribution in [0.2, 0.25) is 0 Å². The standard InChI is InChI=1S/C20H22F2N2O2S2/c1-25-16-8-3-13(18(11-16)26-2)12-24(15-6-7-15)20(27)23-14-4-9-17(10-5-14)28-19(21)22/h3-5,8-11,15,19H,6-7,12H2,1-2H3,(H,23,27). The summed E-state index contributed by atoms with van der Waals surface area (Å²) in [6.07, 6.45) is 2.18. The Morgan fingerprint density at radius 3 is 2.46 bits per heavy atom. The molecule has 2 aromatic rings. The van der Waals surface area contributed by atoms with Crippen LogP contribution in [0.25, 0.3) is 0 Å². The highest BCUT2D eigenvalue weighted by Crippen LogP contribution is 2.33. The third kappa shape index (κ3) is 5.48. The molecule has 150 valence electrons. The van der Waals surface area contributed by atoms with Crippen LogP contribution in [0.1, 0.15) is 18.4 Å². The maximum absolute atomic E-state index is 12.5. The highest BCUT2D eigenvalue weighted by Gasteiger charge is 2.31. The van der Waals surface area contributed by atoms with E-state index < -0.39 is 5.76 Å². The maximum Gasteiger partial charge on any atom is 0.288 e. The first-order valence-corrected chi connectivity index (χ1v) is 10.1. The van der Waals surface area contributed by atoms with Crippen molar-refractivity contribution >= 4 is 34.8 Å². The number of thioether (sulfide) groups is 1. The van der Waals surface area contributed by atoms with Crippen LogP contribution >= 0.6 is 24.0 Å². The largest absolute Gasteiger partial charge is 0.497 e. The zero-order chi connectivity index (χ0) is 20.1. The summed E-state index contributed by atoms with van der Waals surface area (Å²) >= 11 is 6.16. The molecule has 0 spiro atoms. The second-order valence-corrected chi connectivity index (χ2v) is 7.82. The summed E-state index contributed by atoms with van der Waals surface area (Å²) in [5.74, 6) is -0.938. The quantitative estimate of drug-likeness (QED) is 0.453. The molecule has 0 unspecified atom stereocenters. The van der Waals surface area contributed by atoms with Gasteiger partial charge in [-0.1, -0.05) is 11.8 Å². The summed E-state index contributed by atoms with van der Waals surface area (Å²) in [4.78, 5) is 2.66. The van der Waals surface area contributed by atoms with Crippen molar-refractivity contribution in [3.8, 4) is 11.5 Å². The zero-order valence-electron chi connectivity index (χ0n) is 15.7. The number of rotatable bonds is 8. The van der Waals surface area contributed by atoms with Gasteiger partial charge in [0.1, 0.15) is 11.5 Å². The second-order valence-electron chi connectivity index (χ2n) is 6.37. The third-order valence-corrected chi connectivity index (χ3v) is 5.47. The molecule has 0 atom stereocenters. The Morgan fingerprint density at radius 2 is 1.89 bits per heavy atom. The first-order chi connectivity index (χ1) is 13.5. The average Bonchev–Trinajstić information content (AvgIpc) is 3.52. The van der Waals surface area contributed by atoms with Gasteiger partial charge in [0, 0.05) is 34.8 Å². The van der Waals surface area contributed by atoms with Crippen LogP contribution in [0.5, 0.6) is 11.5 Å². The molecule has 0 heterocycles. The summed E-state index contributed by atoms with van der Waals surface area (Å²) in [6, 6.07) is 13.0. The summed E-state index contributed by atoms with van der Waals surface area (Å²) < 4.78 is 35.7. The summed E-state index contributed by atoms with van der Waals surface area (Å²) in [5, 5.41) is 3.83. The van der Waals surface area contributed by atoms with Gasteiger partial charge in [0.05, 0.1) is 14.2 Å². The summed E-state index contributed by atoms with van der Waals surface area (Å²) in [6.45, 7) is 0.614. The Balaban J connectivity index is 1.69. The lowest BCUT2D eigenvalue weighted by atomic mass is 10.1. The van der Waals surface area contributed by atoms with Crippen LogP contribution in [0.15, 0.2) is 47.4 Å². The van der Waals surface area contributed by atoms with E-state index in [1.54, 1.807) is 38.5 Å². The Morgan fingerprint density at radius 1 is 1.18 bits per heavy atom. The minimum Gasteiger partial charge on any atom is -0.497 e. The molecule has 1 N–H and O–H groups in total. The summed E-state index contributed by atoms with van der Waals surface area (Å²) in [5.41, 5.74) is 1.79. The number of benzene rings is 2. The van der Waals surface area contributed by atoms with Gasteiger partial charge in [-0.25, -0.2) is 0 Å². The lowest BCUT2D eigenvalue weighted by Crippen LogP contribution is -2.36. The predicted octanol–water partition coefficient (Wildman–Crippen LogP) is 5.38. The smallest absolute Gasteiger partial charge is 0.288 e. The summed E-state index contributed by atoms with van der Waals surface area (Å²) in [7, 11) is 3.25. The number of ether oxygens (including phenoxy) is 2. The number of methoxy groups -OCH3 is 2. The van der Waals surface area contributed by atoms with Gasteiger partial charge >= 0.3 is 0 Å². The second kappa shape index (κ2) is 9.43. The van der Waals surface area contributed by atoms with E-state index in [1.165, 1.54) is 0 Å². The molecule has 4 nitrogen and oxygen atoms in total. The van der Waals surface area contributed by atoms with E-state index in [4.69, 9.17) is 21.7 Å². The third-order valence-electron chi connectivity index (χ3n) is 4.41. The predicted molar refractivity (Wildman–Crippen MR) is 113 cm³/mol. The molecular weight excluding hydrogens is 402 g/mol. The van der Waals surface area contributed by atoms with Gasteiger partial charge in [0.2, 0.25) is 0 Å². The minimum atomic E-state index is -2.43. The van der Waals surface area contributed by atoms with E-state index in [-0.39, 0.29) is 0 Å². The molecule has 0 bridgehead atoms. The molecular formula is C20H22F2N2O2S2. The fourth-order valence-electron chi connectivity index (χ4n) is 2.83. The number of anilines is 1. The SMILES string of the molecule is COc1ccc(CN(C(=S)Nc2ccc(SC(F)F)cc2)C2CC2)c(OC)c1. The van der Waals surface area contributed by atoms with Crippen molar-refractivity contribution in [2.75, 3.05) is 19.5 Å². The van der Waals surface area contributed by atoms with Gasteiger partial charge in [-0.3, -0.25) is 0 Å². The molecule has 1 aliphatic carbocycles. The van der Waals surface area contributed by atoms with Crippen LogP contribution < -0.4 is 14.8 Å². The Kier molecular flexibility index (Phi) is 6.96. The number of nitrogens with one attached hydrogen (secondary N) is 1. The van der Waals surface area contributed by atoms with Gasteiger partial charge < -0.3 is 19.7 Å². The highest BCUT2D eigenvalue weighted by molar-refractivity contribution is 7.99. The Labute approximate surface area is 173 Å². The lowest BCUT2D eigenvalue weighted by Gasteiger charge is -2.27. The fraction of sp³-hybridized carbons (Fsp3) is 0.350. The van der Waals surface area contributed by atoms with Gasteiger partial charge in [0.15, 0.2) is 5.11 Å². The van der Waals surface area contributed by atoms with E-state index in [2.05, 4.69) is 10.2 Å². The first-order valence-electron chi connectivity index (χ1n) is 8.83. The average molecular weight is 425 g/mol. The molecule has 0 aromatic heterocycles. The van der Waals surface area contributed by atoms with Crippen LogP contribution in [0, 0.1) is 0 Å². The van der Waals surface area contributed by atoms with Crippen LogP contribution in [0.3, 0.4) is 0 Å².